The average Bonchev–Trinajstić information content (AvgIpc) is 2.47. The van der Waals surface area contributed by atoms with E-state index in [0.29, 0.717) is 0 Å². The zero-order valence-electron chi connectivity index (χ0n) is 12.7. The third-order valence-electron chi connectivity index (χ3n) is 2.43. The number of carbonyl (C=O) groups is 2. The van der Waals surface area contributed by atoms with Crippen LogP contribution in [0.4, 0.5) is 0 Å². The smallest absolute Gasteiger partial charge is 0.334 e. The minimum Gasteiger partial charge on any atom is -0.461 e. The van der Waals surface area contributed by atoms with Crippen LogP contribution in [0.1, 0.15) is 32.6 Å². The molecule has 0 saturated heterocycles. The first-order valence-electron chi connectivity index (χ1n) is 7.04. The van der Waals surface area contributed by atoms with Crippen molar-refractivity contribution in [2.75, 3.05) is 13.2 Å². The molecule has 4 heteroatoms. The Labute approximate surface area is 126 Å². The Morgan fingerprint density at radius 1 is 1.10 bits per heavy atom. The van der Waals surface area contributed by atoms with E-state index < -0.39 is 11.9 Å². The van der Waals surface area contributed by atoms with Gasteiger partial charge in [-0.25, -0.2) is 4.79 Å². The summed E-state index contributed by atoms with van der Waals surface area (Å²) in [6.45, 7) is 9.35. The van der Waals surface area contributed by atoms with Crippen LogP contribution in [0.5, 0.6) is 0 Å². The first-order valence-corrected chi connectivity index (χ1v) is 7.04. The highest BCUT2D eigenvalue weighted by Crippen LogP contribution is 2.03. The maximum Gasteiger partial charge on any atom is 0.334 e. The molecule has 0 amide bonds. The van der Waals surface area contributed by atoms with E-state index in [-0.39, 0.29) is 25.2 Å². The number of hydrogen-bond acceptors (Lipinski definition) is 4. The Morgan fingerprint density at radius 2 is 1.81 bits per heavy atom. The minimum atomic E-state index is -0.592. The Balaban J connectivity index is 3.85. The van der Waals surface area contributed by atoms with Crippen molar-refractivity contribution in [1.82, 2.24) is 0 Å². The lowest BCUT2D eigenvalue weighted by molar-refractivity contribution is -0.145. The topological polar surface area (TPSA) is 52.6 Å². The minimum absolute atomic E-state index is 0.0796. The number of allylic oxidation sites excluding steroid dienone is 3. The van der Waals surface area contributed by atoms with Crippen molar-refractivity contribution in [3.8, 4) is 0 Å². The van der Waals surface area contributed by atoms with Crippen LogP contribution in [-0.2, 0) is 19.1 Å². The molecule has 0 atom stereocenters. The van der Waals surface area contributed by atoms with Crippen LogP contribution in [0.2, 0.25) is 0 Å². The predicted octanol–water partition coefficient (Wildman–Crippen LogP) is 3.51. The Hall–Kier alpha value is -2.10. The fourth-order valence-electron chi connectivity index (χ4n) is 1.31. The number of ether oxygens (including phenoxy) is 2. The van der Waals surface area contributed by atoms with Crippen LogP contribution in [0.25, 0.3) is 0 Å². The summed E-state index contributed by atoms with van der Waals surface area (Å²) in [5.41, 5.74) is 0.0796. The maximum atomic E-state index is 11.5. The summed E-state index contributed by atoms with van der Waals surface area (Å²) >= 11 is 0. The Morgan fingerprint density at radius 3 is 2.48 bits per heavy atom. The summed E-state index contributed by atoms with van der Waals surface area (Å²) < 4.78 is 9.70. The van der Waals surface area contributed by atoms with Crippen molar-refractivity contribution in [1.29, 1.82) is 0 Å². The van der Waals surface area contributed by atoms with Gasteiger partial charge in [-0.05, 0) is 12.5 Å². The van der Waals surface area contributed by atoms with Gasteiger partial charge in [-0.2, -0.15) is 0 Å². The van der Waals surface area contributed by atoms with Gasteiger partial charge in [0.2, 0.25) is 0 Å². The zero-order valence-corrected chi connectivity index (χ0v) is 12.7. The molecule has 0 fully saturated rings. The quantitative estimate of drug-likeness (QED) is 0.192. The zero-order chi connectivity index (χ0) is 15.9. The van der Waals surface area contributed by atoms with Crippen molar-refractivity contribution < 1.29 is 19.1 Å². The normalized spacial score (nSPS) is 10.7. The van der Waals surface area contributed by atoms with Gasteiger partial charge in [0.15, 0.2) is 0 Å². The lowest BCUT2D eigenvalue weighted by Crippen LogP contribution is -2.13. The van der Waals surface area contributed by atoms with Crippen LogP contribution in [0.3, 0.4) is 0 Å². The fourth-order valence-corrected chi connectivity index (χ4v) is 1.31. The van der Waals surface area contributed by atoms with Crippen LogP contribution in [0.15, 0.2) is 49.1 Å². The summed E-state index contributed by atoms with van der Waals surface area (Å²) in [4.78, 5) is 22.8. The molecule has 116 valence electrons. The highest BCUT2D eigenvalue weighted by molar-refractivity contribution is 5.93. The molecule has 0 unspecified atom stereocenters. The molecule has 0 N–H and O–H groups in total. The monoisotopic (exact) mass is 292 g/mol. The van der Waals surface area contributed by atoms with E-state index in [1.165, 1.54) is 18.9 Å². The van der Waals surface area contributed by atoms with Gasteiger partial charge in [0.25, 0.3) is 0 Å². The number of hydrogen-bond donors (Lipinski definition) is 0. The average molecular weight is 292 g/mol. The summed E-state index contributed by atoms with van der Waals surface area (Å²) in [5, 5.41) is 0. The number of esters is 2. The molecule has 0 aliphatic carbocycles. The number of rotatable bonds is 11. The molecule has 0 aliphatic rings. The second-order valence-electron chi connectivity index (χ2n) is 4.35. The van der Waals surface area contributed by atoms with Crippen LogP contribution in [-0.4, -0.2) is 25.2 Å². The lowest BCUT2D eigenvalue weighted by Gasteiger charge is -2.05. The van der Waals surface area contributed by atoms with E-state index in [2.05, 4.69) is 26.2 Å². The first kappa shape index (κ1) is 18.9. The van der Waals surface area contributed by atoms with Gasteiger partial charge in [-0.15, -0.1) is 0 Å². The van der Waals surface area contributed by atoms with Crippen molar-refractivity contribution in [2.45, 2.75) is 32.6 Å². The molecule has 21 heavy (non-hydrogen) atoms. The molecule has 4 nitrogen and oxygen atoms in total. The Bertz CT molecular complexity index is 405. The largest absolute Gasteiger partial charge is 0.461 e. The Kier molecular flexibility index (Phi) is 11.6. The molecule has 0 bridgehead atoms. The third kappa shape index (κ3) is 11.4. The number of carbonyl (C=O) groups excluding carboxylic acids is 2. The molecule has 0 rings (SSSR count). The van der Waals surface area contributed by atoms with Gasteiger partial charge >= 0.3 is 11.9 Å². The second kappa shape index (κ2) is 12.9. The van der Waals surface area contributed by atoms with Gasteiger partial charge in [-0.1, -0.05) is 57.2 Å². The highest BCUT2D eigenvalue weighted by Gasteiger charge is 2.13. The summed E-state index contributed by atoms with van der Waals surface area (Å²) in [6, 6.07) is 0. The molecule has 0 aromatic rings. The summed E-state index contributed by atoms with van der Waals surface area (Å²) in [5.74, 6) is -1.11. The summed E-state index contributed by atoms with van der Waals surface area (Å²) in [6.07, 6.45) is 12.2. The van der Waals surface area contributed by atoms with Crippen molar-refractivity contribution >= 4 is 11.9 Å². The summed E-state index contributed by atoms with van der Waals surface area (Å²) in [7, 11) is 0. The fraction of sp³-hybridized carbons (Fsp3) is 0.412. The van der Waals surface area contributed by atoms with Crippen molar-refractivity contribution in [3.63, 3.8) is 0 Å². The van der Waals surface area contributed by atoms with E-state index in [4.69, 9.17) is 9.47 Å². The van der Waals surface area contributed by atoms with E-state index in [9.17, 15) is 9.59 Å². The van der Waals surface area contributed by atoms with Gasteiger partial charge in [-0.3, -0.25) is 4.79 Å². The standard InChI is InChI=1S/C17H24O4/c1-4-6-7-8-9-10-11-13-21-17(19)15(3)14-16(18)20-12-5-2/h5,8-11H,2-4,6-7,12-14H2,1H3. The predicted molar refractivity (Wildman–Crippen MR) is 83.7 cm³/mol. The SMILES string of the molecule is C=CCOC(=O)CC(=C)C(=O)OCC=CC=CCCCC. The highest BCUT2D eigenvalue weighted by atomic mass is 16.5. The van der Waals surface area contributed by atoms with Crippen LogP contribution < -0.4 is 0 Å². The molecular formula is C17H24O4. The van der Waals surface area contributed by atoms with Crippen molar-refractivity contribution in [3.05, 3.63) is 49.1 Å². The maximum absolute atomic E-state index is 11.5. The molecule has 0 aliphatic heterocycles. The van der Waals surface area contributed by atoms with E-state index in [0.717, 1.165) is 6.42 Å². The van der Waals surface area contributed by atoms with Gasteiger partial charge in [0, 0.05) is 5.57 Å². The van der Waals surface area contributed by atoms with Crippen LogP contribution >= 0.6 is 0 Å². The van der Waals surface area contributed by atoms with Gasteiger partial charge in [0.1, 0.15) is 13.2 Å². The van der Waals surface area contributed by atoms with Gasteiger partial charge < -0.3 is 9.47 Å². The third-order valence-corrected chi connectivity index (χ3v) is 2.43. The molecule has 0 heterocycles. The van der Waals surface area contributed by atoms with Crippen LogP contribution in [0, 0.1) is 0 Å². The molecule has 0 saturated carbocycles. The molecule has 0 radical (unpaired) electrons. The number of unbranched alkanes of at least 4 members (excludes halogenated alkanes) is 2. The van der Waals surface area contributed by atoms with E-state index in [1.54, 1.807) is 6.08 Å². The molecular weight excluding hydrogens is 268 g/mol. The van der Waals surface area contributed by atoms with E-state index >= 15 is 0 Å². The second-order valence-corrected chi connectivity index (χ2v) is 4.35. The molecule has 0 aromatic heterocycles. The molecule has 0 spiro atoms. The lowest BCUT2D eigenvalue weighted by atomic mass is 10.2. The van der Waals surface area contributed by atoms with Gasteiger partial charge in [0.05, 0.1) is 6.42 Å². The van der Waals surface area contributed by atoms with Crippen molar-refractivity contribution in [2.24, 2.45) is 0 Å². The first-order chi connectivity index (χ1) is 10.1. The molecule has 0 aromatic carbocycles. The van der Waals surface area contributed by atoms with E-state index in [1.807, 2.05) is 12.2 Å².